The van der Waals surface area contributed by atoms with Crippen LogP contribution >= 0.6 is 0 Å². The van der Waals surface area contributed by atoms with Gasteiger partial charge in [-0.1, -0.05) is 25.3 Å². The number of hydrogen-bond acceptors (Lipinski definition) is 1. The van der Waals surface area contributed by atoms with E-state index in [0.717, 1.165) is 40.8 Å². The first-order valence-corrected chi connectivity index (χ1v) is 7.25. The van der Waals surface area contributed by atoms with Crippen LogP contribution in [0.15, 0.2) is 48.3 Å². The van der Waals surface area contributed by atoms with Gasteiger partial charge in [0.05, 0.1) is 24.2 Å². The molecule has 110 valence electrons. The number of aryl methyl sites for hydroxylation is 2. The molecule has 0 saturated carbocycles. The molecular weight excluding hydrogens is 260 g/mol. The highest BCUT2D eigenvalue weighted by molar-refractivity contribution is 5.82. The highest BCUT2D eigenvalue weighted by atomic mass is 16.1. The zero-order valence-corrected chi connectivity index (χ0v) is 12.8. The van der Waals surface area contributed by atoms with Gasteiger partial charge >= 0.3 is 0 Å². The summed E-state index contributed by atoms with van der Waals surface area (Å²) < 4.78 is 0. The smallest absolute Gasteiger partial charge is 0.198 e. The van der Waals surface area contributed by atoms with Gasteiger partial charge in [-0.2, -0.15) is 0 Å². The molecule has 1 heterocycles. The molecule has 2 aromatic rings. The second kappa shape index (κ2) is 6.55. The molecule has 0 spiro atoms. The van der Waals surface area contributed by atoms with Crippen molar-refractivity contribution in [3.05, 3.63) is 70.6 Å². The Labute approximate surface area is 125 Å². The molecule has 0 bridgehead atoms. The maximum absolute atomic E-state index is 12.8. The summed E-state index contributed by atoms with van der Waals surface area (Å²) in [5.41, 5.74) is 3.98. The number of benzene rings is 1. The summed E-state index contributed by atoms with van der Waals surface area (Å²) in [4.78, 5) is 17.4. The van der Waals surface area contributed by atoms with Gasteiger partial charge in [0.25, 0.3) is 0 Å². The van der Waals surface area contributed by atoms with Crippen molar-refractivity contribution in [2.24, 2.45) is 0 Å². The molecule has 1 aromatic carbocycles. The molecule has 1 aromatic heterocycles. The largest absolute Gasteiger partial charge is 0.358 e. The van der Waals surface area contributed by atoms with Crippen molar-refractivity contribution >= 4 is 10.9 Å². The normalized spacial score (nSPS) is 11.0. The molecular formula is C18H23N2O+. The van der Waals surface area contributed by atoms with Gasteiger partial charge in [-0.15, -0.1) is 0 Å². The van der Waals surface area contributed by atoms with Gasteiger partial charge in [0.2, 0.25) is 0 Å². The highest BCUT2D eigenvalue weighted by Crippen LogP contribution is 2.14. The maximum atomic E-state index is 12.8. The van der Waals surface area contributed by atoms with E-state index >= 15 is 0 Å². The molecule has 0 amide bonds. The van der Waals surface area contributed by atoms with Gasteiger partial charge in [-0.3, -0.25) is 4.79 Å². The molecule has 0 aliphatic carbocycles. The average Bonchev–Trinajstić information content (AvgIpc) is 2.45. The summed E-state index contributed by atoms with van der Waals surface area (Å²) >= 11 is 0. The Kier molecular flexibility index (Phi) is 4.76. The molecule has 3 nitrogen and oxygen atoms in total. The third kappa shape index (κ3) is 3.14. The molecule has 0 unspecified atom stereocenters. The molecule has 0 saturated heterocycles. The fourth-order valence-electron chi connectivity index (χ4n) is 2.72. The average molecular weight is 283 g/mol. The number of aromatic nitrogens is 1. The van der Waals surface area contributed by atoms with E-state index in [2.05, 4.69) is 18.1 Å². The van der Waals surface area contributed by atoms with Gasteiger partial charge in [0, 0.05) is 11.1 Å². The van der Waals surface area contributed by atoms with Crippen LogP contribution in [0.25, 0.3) is 10.9 Å². The lowest BCUT2D eigenvalue weighted by Crippen LogP contribution is -3.10. The number of pyridine rings is 1. The summed E-state index contributed by atoms with van der Waals surface area (Å²) in [6, 6.07) is 5.85. The van der Waals surface area contributed by atoms with Crippen LogP contribution in [0.2, 0.25) is 0 Å². The number of aromatic amines is 1. The minimum Gasteiger partial charge on any atom is -0.358 e. The van der Waals surface area contributed by atoms with Crippen molar-refractivity contribution in [1.29, 1.82) is 0 Å². The fourth-order valence-corrected chi connectivity index (χ4v) is 2.72. The molecule has 2 N–H and O–H groups in total. The number of nitrogens with one attached hydrogen (secondary N) is 2. The minimum atomic E-state index is 0.135. The van der Waals surface area contributed by atoms with Crippen LogP contribution in [0.4, 0.5) is 0 Å². The van der Waals surface area contributed by atoms with Crippen LogP contribution < -0.4 is 10.3 Å². The van der Waals surface area contributed by atoms with Crippen LogP contribution in [0.5, 0.6) is 0 Å². The van der Waals surface area contributed by atoms with Crippen molar-refractivity contribution in [2.45, 2.75) is 20.4 Å². The van der Waals surface area contributed by atoms with E-state index in [0.29, 0.717) is 6.54 Å². The van der Waals surface area contributed by atoms with Crippen LogP contribution in [-0.2, 0) is 6.54 Å². The number of fused-ring (bicyclic) bond motifs is 1. The third-order valence-electron chi connectivity index (χ3n) is 3.85. The number of quaternary nitrogens is 1. The molecule has 0 aliphatic heterocycles. The van der Waals surface area contributed by atoms with Crippen LogP contribution in [0.1, 0.15) is 16.8 Å². The topological polar surface area (TPSA) is 37.3 Å². The van der Waals surface area contributed by atoms with Crippen molar-refractivity contribution < 1.29 is 4.90 Å². The molecule has 0 fully saturated rings. The molecule has 0 radical (unpaired) electrons. The highest BCUT2D eigenvalue weighted by Gasteiger charge is 2.15. The first kappa shape index (κ1) is 15.3. The Balaban J connectivity index is 2.51. The van der Waals surface area contributed by atoms with Gasteiger partial charge < -0.3 is 9.88 Å². The van der Waals surface area contributed by atoms with Gasteiger partial charge in [-0.05, 0) is 37.6 Å². The molecule has 0 aliphatic rings. The third-order valence-corrected chi connectivity index (χ3v) is 3.85. The van der Waals surface area contributed by atoms with Gasteiger partial charge in [0.15, 0.2) is 5.43 Å². The predicted molar refractivity (Wildman–Crippen MR) is 88.8 cm³/mol. The van der Waals surface area contributed by atoms with Crippen LogP contribution in [-0.4, -0.2) is 18.1 Å². The van der Waals surface area contributed by atoms with E-state index in [4.69, 9.17) is 0 Å². The van der Waals surface area contributed by atoms with Crippen molar-refractivity contribution in [1.82, 2.24) is 4.98 Å². The number of H-pyrrole nitrogens is 1. The summed E-state index contributed by atoms with van der Waals surface area (Å²) in [5, 5.41) is 0.771. The fraction of sp³-hybridized carbons (Fsp3) is 0.278. The van der Waals surface area contributed by atoms with Gasteiger partial charge in [-0.25, -0.2) is 0 Å². The maximum Gasteiger partial charge on any atom is 0.198 e. The van der Waals surface area contributed by atoms with E-state index in [-0.39, 0.29) is 5.43 Å². The SMILES string of the molecule is C=CC[NH+](CC=C)Cc1c(C)[nH]c2c(C)cccc2c1=O. The summed E-state index contributed by atoms with van der Waals surface area (Å²) in [5.74, 6) is 0. The molecule has 0 atom stereocenters. The Bertz CT molecular complexity index is 718. The van der Waals surface area contributed by atoms with E-state index < -0.39 is 0 Å². The number of hydrogen-bond donors (Lipinski definition) is 2. The lowest BCUT2D eigenvalue weighted by molar-refractivity contribution is -0.902. The van der Waals surface area contributed by atoms with Gasteiger partial charge in [0.1, 0.15) is 6.54 Å². The lowest BCUT2D eigenvalue weighted by atomic mass is 10.1. The van der Waals surface area contributed by atoms with Crippen LogP contribution in [0, 0.1) is 13.8 Å². The monoisotopic (exact) mass is 283 g/mol. The molecule has 21 heavy (non-hydrogen) atoms. The zero-order chi connectivity index (χ0) is 15.4. The van der Waals surface area contributed by atoms with Crippen molar-refractivity contribution in [3.8, 4) is 0 Å². The summed E-state index contributed by atoms with van der Waals surface area (Å²) in [6.07, 6.45) is 3.76. The predicted octanol–water partition coefficient (Wildman–Crippen LogP) is 1.90. The van der Waals surface area contributed by atoms with Crippen molar-refractivity contribution in [2.75, 3.05) is 13.1 Å². The molecule has 2 rings (SSSR count). The quantitative estimate of drug-likeness (QED) is 0.781. The summed E-state index contributed by atoms with van der Waals surface area (Å²) in [6.45, 7) is 13.9. The second-order valence-electron chi connectivity index (χ2n) is 5.47. The minimum absolute atomic E-state index is 0.135. The lowest BCUT2D eigenvalue weighted by Gasteiger charge is -2.17. The Morgan fingerprint density at radius 1 is 1.19 bits per heavy atom. The Morgan fingerprint density at radius 3 is 2.48 bits per heavy atom. The number of para-hydroxylation sites is 1. The first-order valence-electron chi connectivity index (χ1n) is 7.25. The van der Waals surface area contributed by atoms with E-state index in [1.807, 2.05) is 44.2 Å². The van der Waals surface area contributed by atoms with Crippen molar-refractivity contribution in [3.63, 3.8) is 0 Å². The Morgan fingerprint density at radius 2 is 1.86 bits per heavy atom. The van der Waals surface area contributed by atoms with E-state index in [1.54, 1.807) is 0 Å². The summed E-state index contributed by atoms with van der Waals surface area (Å²) in [7, 11) is 0. The Hall–Kier alpha value is -2.13. The molecule has 3 heteroatoms. The standard InChI is InChI=1S/C18H22N2O/c1-5-10-20(11-6-2)12-16-14(4)19-17-13(3)8-7-9-15(17)18(16)21/h5-9H,1-2,10-12H2,3-4H3,(H,19,21)/p+1. The number of rotatable bonds is 6. The van der Waals surface area contributed by atoms with E-state index in [9.17, 15) is 4.79 Å². The van der Waals surface area contributed by atoms with E-state index in [1.165, 1.54) is 4.90 Å². The zero-order valence-electron chi connectivity index (χ0n) is 12.8. The first-order chi connectivity index (χ1) is 10.1. The van der Waals surface area contributed by atoms with Crippen LogP contribution in [0.3, 0.4) is 0 Å². The second-order valence-corrected chi connectivity index (χ2v) is 5.47.